The number of hydrogen-bond donors (Lipinski definition) is 2. The van der Waals surface area contributed by atoms with Crippen LogP contribution in [0.5, 0.6) is 0 Å². The number of aliphatic imine (C=N–C) groups is 1. The third-order valence-corrected chi connectivity index (χ3v) is 7.85. The van der Waals surface area contributed by atoms with Crippen LogP contribution in [0.4, 0.5) is 0 Å². The summed E-state index contributed by atoms with van der Waals surface area (Å²) in [4.78, 5) is 18.2. The van der Waals surface area contributed by atoms with Gasteiger partial charge in [0.1, 0.15) is 16.9 Å². The summed E-state index contributed by atoms with van der Waals surface area (Å²) in [6, 6.07) is 15.3. The lowest BCUT2D eigenvalue weighted by Crippen LogP contribution is -2.21. The van der Waals surface area contributed by atoms with E-state index in [1.165, 1.54) is 4.88 Å². The second kappa shape index (κ2) is 8.87. The average molecular weight is 487 g/mol. The highest BCUT2D eigenvalue weighted by molar-refractivity contribution is 7.15. The van der Waals surface area contributed by atoms with E-state index in [4.69, 9.17) is 4.99 Å². The summed E-state index contributed by atoms with van der Waals surface area (Å²) in [7, 11) is 0. The van der Waals surface area contributed by atoms with E-state index in [-0.39, 0.29) is 6.61 Å². The van der Waals surface area contributed by atoms with Crippen molar-refractivity contribution in [1.29, 1.82) is 0 Å². The third-order valence-electron chi connectivity index (χ3n) is 6.65. The summed E-state index contributed by atoms with van der Waals surface area (Å²) < 4.78 is 1.97. The van der Waals surface area contributed by atoms with Gasteiger partial charge in [-0.2, -0.15) is 0 Å². The molecule has 0 radical (unpaired) electrons. The Balaban J connectivity index is 1.69. The highest BCUT2D eigenvalue weighted by Crippen LogP contribution is 2.40. The number of nitrogens with zero attached hydrogens (tertiary/aromatic N) is 4. The molecule has 1 unspecified atom stereocenters. The van der Waals surface area contributed by atoms with Gasteiger partial charge < -0.3 is 10.2 Å². The van der Waals surface area contributed by atoms with Gasteiger partial charge in [0.2, 0.25) is 0 Å². The molecular formula is C27H26N4O3S. The van der Waals surface area contributed by atoms with Gasteiger partial charge in [0.15, 0.2) is 5.82 Å². The lowest BCUT2D eigenvalue weighted by atomic mass is 9.96. The first-order chi connectivity index (χ1) is 16.8. The first-order valence-corrected chi connectivity index (χ1v) is 12.3. The van der Waals surface area contributed by atoms with Crippen LogP contribution in [-0.2, 0) is 11.4 Å². The molecule has 3 heterocycles. The maximum Gasteiger partial charge on any atom is 0.308 e. The van der Waals surface area contributed by atoms with Crippen LogP contribution >= 0.6 is 11.3 Å². The van der Waals surface area contributed by atoms with E-state index in [1.807, 2.05) is 60.0 Å². The fraction of sp³-hybridized carbons (Fsp3) is 0.259. The maximum atomic E-state index is 12.0. The van der Waals surface area contributed by atoms with Crippen molar-refractivity contribution >= 4 is 23.0 Å². The first kappa shape index (κ1) is 23.1. The van der Waals surface area contributed by atoms with Gasteiger partial charge in [-0.05, 0) is 56.0 Å². The SMILES string of the molecule is Cc1sc2c(c1C)C(c1ccc(-c3cccc(CO)c3)cc1)=N[C@@H](C(C)C(=O)O)c1nnc(C)n1-2. The number of aliphatic hydroxyl groups is 1. The Labute approximate surface area is 207 Å². The molecule has 0 bridgehead atoms. The Morgan fingerprint density at radius 1 is 1.06 bits per heavy atom. The molecule has 0 fully saturated rings. The van der Waals surface area contributed by atoms with Gasteiger partial charge >= 0.3 is 5.97 Å². The average Bonchev–Trinajstić information content (AvgIpc) is 3.33. The van der Waals surface area contributed by atoms with Crippen molar-refractivity contribution in [2.24, 2.45) is 10.9 Å². The van der Waals surface area contributed by atoms with Gasteiger partial charge in [-0.25, -0.2) is 0 Å². The van der Waals surface area contributed by atoms with Gasteiger partial charge in [0, 0.05) is 16.0 Å². The lowest BCUT2D eigenvalue weighted by molar-refractivity contribution is -0.141. The Morgan fingerprint density at radius 3 is 2.46 bits per heavy atom. The van der Waals surface area contributed by atoms with E-state index in [9.17, 15) is 15.0 Å². The molecule has 1 aliphatic rings. The van der Waals surface area contributed by atoms with Crippen LogP contribution < -0.4 is 0 Å². The molecule has 2 atom stereocenters. The molecule has 4 aromatic rings. The number of carboxylic acids is 1. The number of thiophene rings is 1. The fourth-order valence-electron chi connectivity index (χ4n) is 4.49. The van der Waals surface area contributed by atoms with Crippen LogP contribution in [0.15, 0.2) is 53.5 Å². The molecule has 7 nitrogen and oxygen atoms in total. The number of rotatable bonds is 5. The molecule has 178 valence electrons. The smallest absolute Gasteiger partial charge is 0.308 e. The molecule has 0 aliphatic carbocycles. The van der Waals surface area contributed by atoms with Gasteiger partial charge in [0.05, 0.1) is 18.2 Å². The Bertz CT molecular complexity index is 1470. The summed E-state index contributed by atoms with van der Waals surface area (Å²) in [6.07, 6.45) is 0. The highest BCUT2D eigenvalue weighted by atomic mass is 32.1. The number of benzene rings is 2. The summed E-state index contributed by atoms with van der Waals surface area (Å²) in [5.41, 5.74) is 6.69. The van der Waals surface area contributed by atoms with Crippen molar-refractivity contribution in [3.8, 4) is 16.1 Å². The summed E-state index contributed by atoms with van der Waals surface area (Å²) >= 11 is 1.65. The molecule has 8 heteroatoms. The summed E-state index contributed by atoms with van der Waals surface area (Å²) in [5.74, 6) is -0.446. The van der Waals surface area contributed by atoms with Crippen molar-refractivity contribution < 1.29 is 15.0 Å². The van der Waals surface area contributed by atoms with E-state index >= 15 is 0 Å². The molecule has 35 heavy (non-hydrogen) atoms. The minimum atomic E-state index is -0.928. The number of aliphatic hydroxyl groups excluding tert-OH is 1. The number of aryl methyl sites for hydroxylation is 2. The number of aromatic nitrogens is 3. The number of hydrogen-bond acceptors (Lipinski definition) is 6. The molecule has 0 saturated carbocycles. The zero-order valence-electron chi connectivity index (χ0n) is 20.0. The molecule has 1 aliphatic heterocycles. The van der Waals surface area contributed by atoms with Gasteiger partial charge in [-0.3, -0.25) is 14.4 Å². The van der Waals surface area contributed by atoms with Gasteiger partial charge in [0.25, 0.3) is 0 Å². The van der Waals surface area contributed by atoms with Crippen LogP contribution in [0.25, 0.3) is 16.1 Å². The minimum Gasteiger partial charge on any atom is -0.481 e. The minimum absolute atomic E-state index is 0.00541. The predicted octanol–water partition coefficient (Wildman–Crippen LogP) is 5.03. The zero-order valence-corrected chi connectivity index (χ0v) is 20.8. The molecular weight excluding hydrogens is 460 g/mol. The number of carboxylic acid groups (broad SMARTS) is 1. The van der Waals surface area contributed by atoms with E-state index in [2.05, 4.69) is 24.0 Å². The molecule has 5 rings (SSSR count). The molecule has 2 aromatic heterocycles. The summed E-state index contributed by atoms with van der Waals surface area (Å²) in [5, 5.41) is 28.9. The summed E-state index contributed by atoms with van der Waals surface area (Å²) in [6.45, 7) is 7.70. The first-order valence-electron chi connectivity index (χ1n) is 11.4. The van der Waals surface area contributed by atoms with Crippen molar-refractivity contribution in [3.05, 3.63) is 87.3 Å². The van der Waals surface area contributed by atoms with Crippen molar-refractivity contribution in [2.75, 3.05) is 0 Å². The molecule has 2 N–H and O–H groups in total. The largest absolute Gasteiger partial charge is 0.481 e. The molecule has 0 spiro atoms. The standard InChI is InChI=1S/C27H26N4O3S/c1-14-16(3)35-26-22(14)24(28-23(15(2)27(33)34)25-30-29-17(4)31(25)26)20-10-8-19(9-11-20)21-7-5-6-18(12-21)13-32/h5-12,15,23,32H,13H2,1-4H3,(H,33,34)/t15?,23-/m0/s1. The van der Waals surface area contributed by atoms with E-state index in [0.29, 0.717) is 11.6 Å². The molecule has 2 aromatic carbocycles. The van der Waals surface area contributed by atoms with Crippen molar-refractivity contribution in [2.45, 2.75) is 40.3 Å². The number of fused-ring (bicyclic) bond motifs is 3. The Morgan fingerprint density at radius 2 is 1.77 bits per heavy atom. The van der Waals surface area contributed by atoms with Crippen LogP contribution in [0.1, 0.15) is 51.7 Å². The second-order valence-electron chi connectivity index (χ2n) is 8.89. The van der Waals surface area contributed by atoms with Crippen LogP contribution in [0.3, 0.4) is 0 Å². The van der Waals surface area contributed by atoms with Crippen molar-refractivity contribution in [1.82, 2.24) is 14.8 Å². The number of carbonyl (C=O) groups is 1. The quantitative estimate of drug-likeness (QED) is 0.412. The topological polar surface area (TPSA) is 101 Å². The monoisotopic (exact) mass is 486 g/mol. The predicted molar refractivity (Wildman–Crippen MR) is 136 cm³/mol. The molecule has 0 amide bonds. The highest BCUT2D eigenvalue weighted by Gasteiger charge is 2.36. The van der Waals surface area contributed by atoms with E-state index in [0.717, 1.165) is 44.1 Å². The fourth-order valence-corrected chi connectivity index (χ4v) is 5.70. The maximum absolute atomic E-state index is 12.0. The van der Waals surface area contributed by atoms with E-state index < -0.39 is 17.9 Å². The van der Waals surface area contributed by atoms with Crippen molar-refractivity contribution in [3.63, 3.8) is 0 Å². The normalized spacial score (nSPS) is 15.7. The van der Waals surface area contributed by atoms with Gasteiger partial charge in [-0.15, -0.1) is 21.5 Å². The third kappa shape index (κ3) is 3.88. The lowest BCUT2D eigenvalue weighted by Gasteiger charge is -2.16. The van der Waals surface area contributed by atoms with E-state index in [1.54, 1.807) is 18.3 Å². The van der Waals surface area contributed by atoms with Gasteiger partial charge in [-0.1, -0.05) is 42.5 Å². The van der Waals surface area contributed by atoms with Crippen LogP contribution in [0, 0.1) is 26.7 Å². The second-order valence-corrected chi connectivity index (χ2v) is 10.1. The zero-order chi connectivity index (χ0) is 24.9. The van der Waals surface area contributed by atoms with Crippen LogP contribution in [-0.4, -0.2) is 36.7 Å². The Kier molecular flexibility index (Phi) is 5.86. The number of aliphatic carboxylic acids is 1. The molecule has 0 saturated heterocycles. The Hall–Kier alpha value is -3.62. The van der Waals surface area contributed by atoms with Crippen LogP contribution in [0.2, 0.25) is 0 Å².